The van der Waals surface area contributed by atoms with E-state index >= 15 is 0 Å². The second-order valence-corrected chi connectivity index (χ2v) is 6.44. The van der Waals surface area contributed by atoms with Crippen LogP contribution in [0.1, 0.15) is 33.1 Å². The number of aromatic amines is 1. The van der Waals surface area contributed by atoms with Crippen LogP contribution in [0.2, 0.25) is 0 Å². The van der Waals surface area contributed by atoms with Crippen molar-refractivity contribution >= 4 is 17.7 Å². The highest BCUT2D eigenvalue weighted by atomic mass is 32.2. The molecule has 1 aliphatic rings. The molecule has 1 aromatic heterocycles. The molecule has 1 aliphatic carbocycles. The summed E-state index contributed by atoms with van der Waals surface area (Å²) < 4.78 is 6.50. The largest absolute Gasteiger partial charge is 0.468 e. The van der Waals surface area contributed by atoms with Gasteiger partial charge in [0.05, 0.1) is 7.11 Å². The Bertz CT molecular complexity index is 552. The molecule has 2 rings (SSSR count). The standard InChI is InChI=1S/C13H22N4O3S/c1-4-7-17-11(19)15-16-12(17)21-8-13(2,10(18)20-3)14-9-5-6-9/h9,14H,4-8H2,1-3H3,(H,15,19). The van der Waals surface area contributed by atoms with Gasteiger partial charge in [0.15, 0.2) is 5.16 Å². The molecule has 7 nitrogen and oxygen atoms in total. The maximum Gasteiger partial charge on any atom is 0.343 e. The molecular weight excluding hydrogens is 292 g/mol. The summed E-state index contributed by atoms with van der Waals surface area (Å²) in [6.07, 6.45) is 3.02. The first-order chi connectivity index (χ1) is 10.00. The predicted molar refractivity (Wildman–Crippen MR) is 80.4 cm³/mol. The van der Waals surface area contributed by atoms with Crippen LogP contribution in [0.3, 0.4) is 0 Å². The van der Waals surface area contributed by atoms with Crippen LogP contribution in [0.4, 0.5) is 0 Å². The van der Waals surface area contributed by atoms with Gasteiger partial charge in [-0.15, -0.1) is 5.10 Å². The SMILES string of the molecule is CCCn1c(SCC(C)(NC2CC2)C(=O)OC)n[nH]c1=O. The fourth-order valence-electron chi connectivity index (χ4n) is 2.11. The molecule has 2 N–H and O–H groups in total. The summed E-state index contributed by atoms with van der Waals surface area (Å²) in [6, 6.07) is 0.381. The molecule has 0 aliphatic heterocycles. The normalized spacial score (nSPS) is 17.5. The van der Waals surface area contributed by atoms with E-state index in [1.807, 2.05) is 13.8 Å². The lowest BCUT2D eigenvalue weighted by atomic mass is 10.1. The first kappa shape index (κ1) is 16.1. The lowest BCUT2D eigenvalue weighted by Crippen LogP contribution is -2.53. The third-order valence-electron chi connectivity index (χ3n) is 3.40. The zero-order valence-electron chi connectivity index (χ0n) is 12.6. The Morgan fingerprint density at radius 2 is 2.33 bits per heavy atom. The first-order valence-electron chi connectivity index (χ1n) is 7.14. The summed E-state index contributed by atoms with van der Waals surface area (Å²) in [5, 5.41) is 10.4. The number of hydrogen-bond acceptors (Lipinski definition) is 6. The summed E-state index contributed by atoms with van der Waals surface area (Å²) in [7, 11) is 1.39. The van der Waals surface area contributed by atoms with Crippen LogP contribution in [0.25, 0.3) is 0 Å². The topological polar surface area (TPSA) is 89.0 Å². The molecule has 8 heteroatoms. The van der Waals surface area contributed by atoms with E-state index in [-0.39, 0.29) is 11.7 Å². The molecule has 118 valence electrons. The van der Waals surface area contributed by atoms with Gasteiger partial charge in [0.2, 0.25) is 0 Å². The van der Waals surface area contributed by atoms with Gasteiger partial charge < -0.3 is 4.74 Å². The second-order valence-electron chi connectivity index (χ2n) is 5.49. The third kappa shape index (κ3) is 3.88. The number of hydrogen-bond donors (Lipinski definition) is 2. The van der Waals surface area contributed by atoms with Crippen molar-refractivity contribution in [2.45, 2.75) is 56.4 Å². The monoisotopic (exact) mass is 314 g/mol. The number of rotatable bonds is 8. The maximum atomic E-state index is 12.0. The Morgan fingerprint density at radius 1 is 1.62 bits per heavy atom. The van der Waals surface area contributed by atoms with Gasteiger partial charge in [0, 0.05) is 18.3 Å². The Morgan fingerprint density at radius 3 is 2.90 bits per heavy atom. The number of nitrogens with one attached hydrogen (secondary N) is 2. The van der Waals surface area contributed by atoms with E-state index in [0.29, 0.717) is 23.5 Å². The van der Waals surface area contributed by atoms with E-state index in [1.165, 1.54) is 18.9 Å². The van der Waals surface area contributed by atoms with Gasteiger partial charge in [-0.2, -0.15) is 0 Å². The minimum atomic E-state index is -0.771. The van der Waals surface area contributed by atoms with Crippen LogP contribution < -0.4 is 11.0 Å². The van der Waals surface area contributed by atoms with Crippen molar-refractivity contribution in [3.05, 3.63) is 10.5 Å². The molecule has 1 aromatic rings. The second kappa shape index (κ2) is 6.65. The van der Waals surface area contributed by atoms with Gasteiger partial charge in [-0.05, 0) is 26.2 Å². The molecule has 0 spiro atoms. The molecular formula is C13H22N4O3S. The van der Waals surface area contributed by atoms with Crippen LogP contribution in [0.15, 0.2) is 9.95 Å². The fourth-order valence-corrected chi connectivity index (χ4v) is 3.17. The molecule has 0 bridgehead atoms. The predicted octanol–water partition coefficient (Wildman–Crippen LogP) is 0.757. The Hall–Kier alpha value is -1.28. The van der Waals surface area contributed by atoms with E-state index in [4.69, 9.17) is 4.74 Å². The van der Waals surface area contributed by atoms with Crippen LogP contribution in [-0.4, -0.2) is 45.2 Å². The number of carbonyl (C=O) groups is 1. The molecule has 21 heavy (non-hydrogen) atoms. The van der Waals surface area contributed by atoms with Crippen LogP contribution in [-0.2, 0) is 16.1 Å². The minimum absolute atomic E-state index is 0.214. The van der Waals surface area contributed by atoms with Gasteiger partial charge in [-0.3, -0.25) is 14.7 Å². The summed E-state index contributed by atoms with van der Waals surface area (Å²) in [5.74, 6) is 0.173. The summed E-state index contributed by atoms with van der Waals surface area (Å²) in [5.41, 5.74) is -0.985. The fraction of sp³-hybridized carbons (Fsp3) is 0.769. The molecule has 1 atom stereocenters. The van der Waals surface area contributed by atoms with Crippen molar-refractivity contribution in [2.24, 2.45) is 0 Å². The Labute approximate surface area is 127 Å². The highest BCUT2D eigenvalue weighted by molar-refractivity contribution is 7.99. The van der Waals surface area contributed by atoms with Crippen molar-refractivity contribution in [3.63, 3.8) is 0 Å². The summed E-state index contributed by atoms with van der Waals surface area (Å²) >= 11 is 1.39. The Balaban J connectivity index is 2.07. The van der Waals surface area contributed by atoms with E-state index in [0.717, 1.165) is 19.3 Å². The quantitative estimate of drug-likeness (QED) is 0.544. The number of thioether (sulfide) groups is 1. The number of H-pyrrole nitrogens is 1. The molecule has 0 saturated heterocycles. The third-order valence-corrected chi connectivity index (χ3v) is 4.69. The average molecular weight is 314 g/mol. The smallest absolute Gasteiger partial charge is 0.343 e. The van der Waals surface area contributed by atoms with E-state index < -0.39 is 5.54 Å². The molecule has 1 fully saturated rings. The van der Waals surface area contributed by atoms with Crippen LogP contribution in [0.5, 0.6) is 0 Å². The zero-order chi connectivity index (χ0) is 15.5. The van der Waals surface area contributed by atoms with Gasteiger partial charge in [-0.1, -0.05) is 18.7 Å². The van der Waals surface area contributed by atoms with Crippen molar-refractivity contribution in [3.8, 4) is 0 Å². The number of carbonyl (C=O) groups excluding carboxylic acids is 1. The van der Waals surface area contributed by atoms with Gasteiger partial charge in [0.25, 0.3) is 0 Å². The number of nitrogens with zero attached hydrogens (tertiary/aromatic N) is 2. The number of methoxy groups -OCH3 is 1. The van der Waals surface area contributed by atoms with Crippen molar-refractivity contribution in [1.29, 1.82) is 0 Å². The molecule has 1 unspecified atom stereocenters. The maximum absolute atomic E-state index is 12.0. The average Bonchev–Trinajstić information content (AvgIpc) is 3.21. The van der Waals surface area contributed by atoms with E-state index in [9.17, 15) is 9.59 Å². The zero-order valence-corrected chi connectivity index (χ0v) is 13.5. The Kier molecular flexibility index (Phi) is 5.10. The van der Waals surface area contributed by atoms with Gasteiger partial charge >= 0.3 is 11.7 Å². The van der Waals surface area contributed by atoms with Crippen molar-refractivity contribution < 1.29 is 9.53 Å². The van der Waals surface area contributed by atoms with Crippen molar-refractivity contribution in [1.82, 2.24) is 20.1 Å². The van der Waals surface area contributed by atoms with Gasteiger partial charge in [0.1, 0.15) is 5.54 Å². The first-order valence-corrected chi connectivity index (χ1v) is 8.13. The summed E-state index contributed by atoms with van der Waals surface area (Å²) in [6.45, 7) is 4.45. The number of aromatic nitrogens is 3. The van der Waals surface area contributed by atoms with E-state index in [1.54, 1.807) is 4.57 Å². The summed E-state index contributed by atoms with van der Waals surface area (Å²) in [4.78, 5) is 23.7. The lowest BCUT2D eigenvalue weighted by Gasteiger charge is -2.27. The molecule has 1 saturated carbocycles. The van der Waals surface area contributed by atoms with E-state index in [2.05, 4.69) is 15.5 Å². The van der Waals surface area contributed by atoms with Gasteiger partial charge in [-0.25, -0.2) is 9.89 Å². The van der Waals surface area contributed by atoms with Crippen molar-refractivity contribution in [2.75, 3.05) is 12.9 Å². The van der Waals surface area contributed by atoms with Crippen LogP contribution >= 0.6 is 11.8 Å². The highest BCUT2D eigenvalue weighted by Crippen LogP contribution is 2.27. The molecule has 0 amide bonds. The molecule has 0 aromatic carbocycles. The molecule has 1 heterocycles. The lowest BCUT2D eigenvalue weighted by molar-refractivity contribution is -0.147. The van der Waals surface area contributed by atoms with Crippen LogP contribution in [0, 0.1) is 0 Å². The molecule has 0 radical (unpaired) electrons. The minimum Gasteiger partial charge on any atom is -0.468 e. The highest BCUT2D eigenvalue weighted by Gasteiger charge is 2.39. The number of ether oxygens (including phenoxy) is 1. The number of esters is 1.